The Hall–Kier alpha value is -1.36. The Bertz CT molecular complexity index is 211. The molecule has 0 bridgehead atoms. The molecule has 1 atom stereocenters. The van der Waals surface area contributed by atoms with Gasteiger partial charge in [-0.05, 0) is 13.8 Å². The first kappa shape index (κ1) is 10.6. The van der Waals surface area contributed by atoms with Crippen molar-refractivity contribution in [2.75, 3.05) is 0 Å². The van der Waals surface area contributed by atoms with Crippen LogP contribution >= 0.6 is 0 Å². The van der Waals surface area contributed by atoms with Crippen LogP contribution in [0.3, 0.4) is 0 Å². The van der Waals surface area contributed by atoms with Crippen molar-refractivity contribution < 1.29 is 14.7 Å². The molecule has 0 aromatic heterocycles. The van der Waals surface area contributed by atoms with Gasteiger partial charge in [0.05, 0.1) is 0 Å². The highest BCUT2D eigenvalue weighted by atomic mass is 16.3. The molecular formula is C7H12N2O3. The fraction of sp³-hybridized carbons (Fsp3) is 0.429. The fourth-order valence-electron chi connectivity index (χ4n) is 0.330. The zero-order chi connectivity index (χ0) is 9.72. The number of hydrogen-bond donors (Lipinski definition) is 3. The largest absolute Gasteiger partial charge is 0.383 e. The number of hydrazine groups is 1. The number of aliphatic hydroxyl groups excluding tert-OH is 1. The molecule has 0 radical (unpaired) electrons. The second-order valence-electron chi connectivity index (χ2n) is 2.40. The van der Waals surface area contributed by atoms with Crippen LogP contribution in [0.5, 0.6) is 0 Å². The van der Waals surface area contributed by atoms with Crippen LogP contribution < -0.4 is 10.9 Å². The van der Waals surface area contributed by atoms with Gasteiger partial charge in [0.25, 0.3) is 11.8 Å². The summed E-state index contributed by atoms with van der Waals surface area (Å²) < 4.78 is 0. The van der Waals surface area contributed by atoms with Crippen LogP contribution in [0.1, 0.15) is 13.8 Å². The standard InChI is InChI=1S/C7H12N2O3/c1-4(2)6(11)8-9-7(12)5(3)10/h5,10H,1H2,2-3H3,(H,8,11)(H,9,12). The first-order valence-corrected chi connectivity index (χ1v) is 3.39. The van der Waals surface area contributed by atoms with E-state index >= 15 is 0 Å². The summed E-state index contributed by atoms with van der Waals surface area (Å²) in [4.78, 5) is 21.4. The second kappa shape index (κ2) is 4.50. The molecule has 5 nitrogen and oxygen atoms in total. The van der Waals surface area contributed by atoms with Gasteiger partial charge in [0, 0.05) is 5.57 Å². The molecule has 0 saturated carbocycles. The molecule has 0 aliphatic rings. The normalized spacial score (nSPS) is 11.6. The predicted octanol–water partition coefficient (Wildman–Crippen LogP) is -0.909. The Kier molecular flexibility index (Phi) is 3.99. The number of rotatable bonds is 2. The molecule has 0 heterocycles. The van der Waals surface area contributed by atoms with Crippen molar-refractivity contribution in [2.45, 2.75) is 20.0 Å². The Morgan fingerprint density at radius 2 is 1.92 bits per heavy atom. The molecule has 1 unspecified atom stereocenters. The average Bonchev–Trinajstić information content (AvgIpc) is 1.98. The third-order valence-corrected chi connectivity index (χ3v) is 1.07. The molecule has 0 saturated heterocycles. The fourth-order valence-corrected chi connectivity index (χ4v) is 0.330. The van der Waals surface area contributed by atoms with Crippen LogP contribution in [0, 0.1) is 0 Å². The van der Waals surface area contributed by atoms with E-state index in [9.17, 15) is 9.59 Å². The van der Waals surface area contributed by atoms with E-state index in [1.54, 1.807) is 0 Å². The van der Waals surface area contributed by atoms with E-state index in [0.717, 1.165) is 0 Å². The van der Waals surface area contributed by atoms with Crippen molar-refractivity contribution in [1.82, 2.24) is 10.9 Å². The molecular weight excluding hydrogens is 160 g/mol. The lowest BCUT2D eigenvalue weighted by Gasteiger charge is -2.07. The highest BCUT2D eigenvalue weighted by molar-refractivity contribution is 5.93. The summed E-state index contributed by atoms with van der Waals surface area (Å²) in [5.74, 6) is -1.14. The molecule has 2 amide bonds. The maximum atomic E-state index is 10.8. The van der Waals surface area contributed by atoms with Gasteiger partial charge in [-0.25, -0.2) is 0 Å². The number of carbonyl (C=O) groups excluding carboxylic acids is 2. The quantitative estimate of drug-likeness (QED) is 0.373. The van der Waals surface area contributed by atoms with E-state index < -0.39 is 17.9 Å². The van der Waals surface area contributed by atoms with E-state index in [1.165, 1.54) is 13.8 Å². The summed E-state index contributed by atoms with van der Waals surface area (Å²) in [6.45, 7) is 6.15. The Balaban J connectivity index is 3.77. The minimum Gasteiger partial charge on any atom is -0.383 e. The first-order valence-electron chi connectivity index (χ1n) is 3.39. The smallest absolute Gasteiger partial charge is 0.266 e. The summed E-state index contributed by atoms with van der Waals surface area (Å²) >= 11 is 0. The van der Waals surface area contributed by atoms with E-state index in [1.807, 2.05) is 5.43 Å². The zero-order valence-electron chi connectivity index (χ0n) is 7.05. The van der Waals surface area contributed by atoms with Crippen LogP contribution in [-0.4, -0.2) is 23.0 Å². The third-order valence-electron chi connectivity index (χ3n) is 1.07. The van der Waals surface area contributed by atoms with Gasteiger partial charge in [0.2, 0.25) is 0 Å². The highest BCUT2D eigenvalue weighted by Crippen LogP contribution is 1.83. The van der Waals surface area contributed by atoms with Crippen LogP contribution in [0.2, 0.25) is 0 Å². The predicted molar refractivity (Wildman–Crippen MR) is 42.8 cm³/mol. The number of aliphatic hydroxyl groups is 1. The molecule has 0 spiro atoms. The maximum Gasteiger partial charge on any atom is 0.266 e. The lowest BCUT2D eigenvalue weighted by atomic mass is 10.3. The SMILES string of the molecule is C=C(C)C(=O)NNC(=O)C(C)O. The van der Waals surface area contributed by atoms with Crippen molar-refractivity contribution in [3.05, 3.63) is 12.2 Å². The summed E-state index contributed by atoms with van der Waals surface area (Å²) in [7, 11) is 0. The van der Waals surface area contributed by atoms with Crippen LogP contribution in [-0.2, 0) is 9.59 Å². The second-order valence-corrected chi connectivity index (χ2v) is 2.40. The molecule has 0 rings (SSSR count). The van der Waals surface area contributed by atoms with Crippen molar-refractivity contribution in [1.29, 1.82) is 0 Å². The van der Waals surface area contributed by atoms with E-state index in [0.29, 0.717) is 0 Å². The van der Waals surface area contributed by atoms with Gasteiger partial charge in [0.1, 0.15) is 6.10 Å². The van der Waals surface area contributed by atoms with Crippen molar-refractivity contribution in [3.8, 4) is 0 Å². The minimum absolute atomic E-state index is 0.279. The van der Waals surface area contributed by atoms with Crippen molar-refractivity contribution in [3.63, 3.8) is 0 Å². The van der Waals surface area contributed by atoms with Crippen molar-refractivity contribution in [2.24, 2.45) is 0 Å². The van der Waals surface area contributed by atoms with Gasteiger partial charge in [-0.1, -0.05) is 6.58 Å². The third kappa shape index (κ3) is 3.72. The Labute approximate surface area is 70.4 Å². The summed E-state index contributed by atoms with van der Waals surface area (Å²) in [6, 6.07) is 0. The number of hydrogen-bond acceptors (Lipinski definition) is 3. The lowest BCUT2D eigenvalue weighted by Crippen LogP contribution is -2.45. The number of amides is 2. The Morgan fingerprint density at radius 3 is 2.25 bits per heavy atom. The summed E-state index contributed by atoms with van der Waals surface area (Å²) in [6.07, 6.45) is -1.14. The topological polar surface area (TPSA) is 78.4 Å². The summed E-state index contributed by atoms with van der Waals surface area (Å²) in [5, 5.41) is 8.69. The van der Waals surface area contributed by atoms with Crippen LogP contribution in [0.25, 0.3) is 0 Å². The first-order chi connectivity index (χ1) is 5.45. The molecule has 5 heteroatoms. The van der Waals surface area contributed by atoms with Gasteiger partial charge in [-0.3, -0.25) is 20.4 Å². The van der Waals surface area contributed by atoms with E-state index in [2.05, 4.69) is 12.0 Å². The average molecular weight is 172 g/mol. The molecule has 12 heavy (non-hydrogen) atoms. The Morgan fingerprint density at radius 1 is 1.42 bits per heavy atom. The molecule has 3 N–H and O–H groups in total. The van der Waals surface area contributed by atoms with Gasteiger partial charge in [-0.15, -0.1) is 0 Å². The molecule has 0 aliphatic heterocycles. The van der Waals surface area contributed by atoms with Crippen molar-refractivity contribution >= 4 is 11.8 Å². The summed E-state index contributed by atoms with van der Waals surface area (Å²) in [5.41, 5.74) is 4.36. The highest BCUT2D eigenvalue weighted by Gasteiger charge is 2.09. The van der Waals surface area contributed by atoms with Crippen LogP contribution in [0.4, 0.5) is 0 Å². The molecule has 0 aromatic carbocycles. The minimum atomic E-state index is -1.14. The maximum absolute atomic E-state index is 10.8. The van der Waals surface area contributed by atoms with Gasteiger partial charge < -0.3 is 5.11 Å². The number of nitrogens with one attached hydrogen (secondary N) is 2. The zero-order valence-corrected chi connectivity index (χ0v) is 7.05. The molecule has 0 aromatic rings. The molecule has 0 aliphatic carbocycles. The number of carbonyl (C=O) groups is 2. The van der Waals surface area contributed by atoms with Crippen LogP contribution in [0.15, 0.2) is 12.2 Å². The monoisotopic (exact) mass is 172 g/mol. The van der Waals surface area contributed by atoms with Gasteiger partial charge >= 0.3 is 0 Å². The molecule has 0 fully saturated rings. The molecule has 68 valence electrons. The van der Waals surface area contributed by atoms with E-state index in [4.69, 9.17) is 5.11 Å². The van der Waals surface area contributed by atoms with E-state index in [-0.39, 0.29) is 5.57 Å². The van der Waals surface area contributed by atoms with Gasteiger partial charge in [0.15, 0.2) is 0 Å². The lowest BCUT2D eigenvalue weighted by molar-refractivity contribution is -0.132. The van der Waals surface area contributed by atoms with Gasteiger partial charge in [-0.2, -0.15) is 0 Å².